The number of anilines is 2. The van der Waals surface area contributed by atoms with E-state index in [2.05, 4.69) is 21.1 Å². The van der Waals surface area contributed by atoms with Crippen LogP contribution in [0.4, 0.5) is 16.1 Å². The van der Waals surface area contributed by atoms with Crippen molar-refractivity contribution in [3.63, 3.8) is 0 Å². The Morgan fingerprint density at radius 2 is 1.95 bits per heavy atom. The molecule has 220 valence electrons. The number of nitrogens with one attached hydrogen (secondary N) is 2. The molecule has 43 heavy (non-hydrogen) atoms. The summed E-state index contributed by atoms with van der Waals surface area (Å²) in [5, 5.41) is 12.6. The summed E-state index contributed by atoms with van der Waals surface area (Å²) in [6, 6.07) is 16.7. The molecule has 0 saturated carbocycles. The van der Waals surface area contributed by atoms with E-state index in [-0.39, 0.29) is 23.0 Å². The molecule has 2 N–H and O–H groups in total. The molecular formula is C31H28FN5O5S. The van der Waals surface area contributed by atoms with Gasteiger partial charge in [0.2, 0.25) is 10.0 Å². The van der Waals surface area contributed by atoms with Gasteiger partial charge in [-0.1, -0.05) is 6.07 Å². The first kappa shape index (κ1) is 28.2. The number of fused-ring (bicyclic) bond motifs is 2. The predicted octanol–water partition coefficient (Wildman–Crippen LogP) is 5.76. The molecule has 6 rings (SSSR count). The van der Waals surface area contributed by atoms with Crippen molar-refractivity contribution in [3.05, 3.63) is 77.1 Å². The normalized spacial score (nSPS) is 15.5. The maximum atomic E-state index is 13.7. The van der Waals surface area contributed by atoms with Crippen LogP contribution in [-0.4, -0.2) is 45.2 Å². The average molecular weight is 602 g/mol. The van der Waals surface area contributed by atoms with Crippen LogP contribution >= 0.6 is 0 Å². The number of piperidine rings is 1. The van der Waals surface area contributed by atoms with Crippen LogP contribution in [0.25, 0.3) is 33.4 Å². The number of hydrogen-bond donors (Lipinski definition) is 2. The molecule has 12 heteroatoms. The Balaban J connectivity index is 1.48. The zero-order chi connectivity index (χ0) is 30.3. The van der Waals surface area contributed by atoms with Gasteiger partial charge in [-0.2, -0.15) is 10.2 Å². The molecule has 0 unspecified atom stereocenters. The summed E-state index contributed by atoms with van der Waals surface area (Å²) in [5.41, 5.74) is 3.55. The number of nitrogens with zero attached hydrogens (tertiary/aromatic N) is 3. The van der Waals surface area contributed by atoms with Crippen LogP contribution in [0.3, 0.4) is 0 Å². The third-order valence-electron chi connectivity index (χ3n) is 7.73. The van der Waals surface area contributed by atoms with E-state index in [0.29, 0.717) is 63.6 Å². The lowest BCUT2D eigenvalue weighted by molar-refractivity contribution is 0.0964. The van der Waals surface area contributed by atoms with Gasteiger partial charge in [0, 0.05) is 43.1 Å². The number of amides is 1. The van der Waals surface area contributed by atoms with Gasteiger partial charge in [0.15, 0.2) is 5.58 Å². The predicted molar refractivity (Wildman–Crippen MR) is 161 cm³/mol. The van der Waals surface area contributed by atoms with Gasteiger partial charge in [0.1, 0.15) is 28.7 Å². The Kier molecular flexibility index (Phi) is 7.27. The second-order valence-corrected chi connectivity index (χ2v) is 12.4. The number of para-hydroxylation sites is 1. The van der Waals surface area contributed by atoms with Crippen molar-refractivity contribution in [2.24, 2.45) is 0 Å². The molecule has 1 aliphatic rings. The molecule has 3 heterocycles. The van der Waals surface area contributed by atoms with Crippen LogP contribution in [0.2, 0.25) is 0 Å². The second-order valence-electron chi connectivity index (χ2n) is 10.4. The zero-order valence-electron chi connectivity index (χ0n) is 23.5. The van der Waals surface area contributed by atoms with Crippen LogP contribution in [0, 0.1) is 17.1 Å². The number of oxazole rings is 1. The number of hydrogen-bond acceptors (Lipinski definition) is 8. The minimum Gasteiger partial charge on any atom is -0.455 e. The highest BCUT2D eigenvalue weighted by molar-refractivity contribution is 7.92. The first-order valence-corrected chi connectivity index (χ1v) is 15.5. The standard InChI is InChI=1S/C31H28FN5O5S/c1-3-43(39,40)36-24-15-26-23(27(30(38)34-2)29(41-26)18-9-11-21(32)12-10-18)14-22(24)20-7-5-13-37(17-20)31-35-28-19(16-33)6-4-8-25(28)42-31/h4,6,8-12,14-15,20,36H,3,5,7,13,17H2,1-2H3,(H,34,38)/t20-/m0/s1. The smallest absolute Gasteiger partial charge is 0.298 e. The van der Waals surface area contributed by atoms with Gasteiger partial charge in [-0.15, -0.1) is 0 Å². The molecule has 1 atom stereocenters. The number of carbonyl (C=O) groups is 1. The Morgan fingerprint density at radius 3 is 2.67 bits per heavy atom. The highest BCUT2D eigenvalue weighted by Gasteiger charge is 2.30. The van der Waals surface area contributed by atoms with Crippen LogP contribution in [0.15, 0.2) is 63.4 Å². The Bertz CT molecular complexity index is 2010. The molecule has 1 amide bonds. The number of sulfonamides is 1. The lowest BCUT2D eigenvalue weighted by Gasteiger charge is -2.33. The van der Waals surface area contributed by atoms with Gasteiger partial charge in [0.05, 0.1) is 22.6 Å². The Labute approximate surface area is 247 Å². The second kappa shape index (κ2) is 11.1. The van der Waals surface area contributed by atoms with E-state index in [1.165, 1.54) is 31.3 Å². The van der Waals surface area contributed by atoms with Crippen molar-refractivity contribution >= 4 is 49.7 Å². The molecule has 1 saturated heterocycles. The molecule has 0 aliphatic carbocycles. The van der Waals surface area contributed by atoms with E-state index >= 15 is 0 Å². The molecule has 0 bridgehead atoms. The lowest BCUT2D eigenvalue weighted by Crippen LogP contribution is -2.35. The number of rotatable bonds is 7. The topological polar surface area (TPSA) is 141 Å². The molecule has 10 nitrogen and oxygen atoms in total. The van der Waals surface area contributed by atoms with Crippen LogP contribution in [-0.2, 0) is 10.0 Å². The van der Waals surface area contributed by atoms with Crippen molar-refractivity contribution in [3.8, 4) is 17.4 Å². The number of halogens is 1. The van der Waals surface area contributed by atoms with E-state index in [1.54, 1.807) is 37.3 Å². The Hall–Kier alpha value is -4.89. The fourth-order valence-corrected chi connectivity index (χ4v) is 6.20. The fourth-order valence-electron chi connectivity index (χ4n) is 5.55. The van der Waals surface area contributed by atoms with E-state index in [4.69, 9.17) is 8.83 Å². The number of furan rings is 1. The molecule has 0 radical (unpaired) electrons. The third kappa shape index (κ3) is 5.28. The number of carbonyl (C=O) groups excluding carboxylic acids is 1. The lowest BCUT2D eigenvalue weighted by atomic mass is 9.88. The van der Waals surface area contributed by atoms with E-state index < -0.39 is 21.7 Å². The minimum absolute atomic E-state index is 0.131. The van der Waals surface area contributed by atoms with E-state index in [0.717, 1.165) is 12.8 Å². The fraction of sp³-hybridized carbons (Fsp3) is 0.258. The molecule has 0 spiro atoms. The van der Waals surface area contributed by atoms with Crippen LogP contribution in [0.1, 0.15) is 47.2 Å². The molecule has 1 aliphatic heterocycles. The number of benzene rings is 3. The summed E-state index contributed by atoms with van der Waals surface area (Å²) in [6.45, 7) is 2.67. The molecule has 2 aromatic heterocycles. The van der Waals surface area contributed by atoms with Gasteiger partial charge in [-0.3, -0.25) is 9.52 Å². The minimum atomic E-state index is -3.66. The zero-order valence-corrected chi connectivity index (χ0v) is 24.3. The quantitative estimate of drug-likeness (QED) is 0.240. The Morgan fingerprint density at radius 1 is 1.16 bits per heavy atom. The summed E-state index contributed by atoms with van der Waals surface area (Å²) in [7, 11) is -2.15. The highest BCUT2D eigenvalue weighted by atomic mass is 32.2. The third-order valence-corrected chi connectivity index (χ3v) is 9.02. The summed E-state index contributed by atoms with van der Waals surface area (Å²) < 4.78 is 54.1. The summed E-state index contributed by atoms with van der Waals surface area (Å²) in [4.78, 5) is 19.7. The summed E-state index contributed by atoms with van der Waals surface area (Å²) in [6.07, 6.45) is 1.51. The first-order valence-electron chi connectivity index (χ1n) is 13.8. The SMILES string of the molecule is CCS(=O)(=O)Nc1cc2oc(-c3ccc(F)cc3)c(C(=O)NC)c2cc1[C@H]1CCCN(c2nc3c(C#N)cccc3o2)C1. The highest BCUT2D eigenvalue weighted by Crippen LogP contribution is 2.41. The number of aromatic nitrogens is 1. The van der Waals surface area contributed by atoms with Crippen molar-refractivity contribution in [2.75, 3.05) is 35.5 Å². The van der Waals surface area contributed by atoms with Crippen LogP contribution < -0.4 is 14.9 Å². The van der Waals surface area contributed by atoms with Crippen molar-refractivity contribution in [2.45, 2.75) is 25.7 Å². The van der Waals surface area contributed by atoms with Crippen LogP contribution in [0.5, 0.6) is 0 Å². The molecule has 5 aromatic rings. The first-order chi connectivity index (χ1) is 20.7. The molecule has 3 aromatic carbocycles. The van der Waals surface area contributed by atoms with Gasteiger partial charge in [-0.05, 0) is 67.8 Å². The summed E-state index contributed by atoms with van der Waals surface area (Å²) in [5.74, 6) is -0.866. The maximum Gasteiger partial charge on any atom is 0.298 e. The largest absolute Gasteiger partial charge is 0.455 e. The molecule has 1 fully saturated rings. The van der Waals surface area contributed by atoms with Gasteiger partial charge in [-0.25, -0.2) is 12.8 Å². The average Bonchev–Trinajstić information content (AvgIpc) is 3.62. The van der Waals surface area contributed by atoms with Gasteiger partial charge in [0.25, 0.3) is 11.9 Å². The van der Waals surface area contributed by atoms with Gasteiger partial charge < -0.3 is 19.1 Å². The van der Waals surface area contributed by atoms with E-state index in [9.17, 15) is 22.9 Å². The van der Waals surface area contributed by atoms with Gasteiger partial charge >= 0.3 is 0 Å². The summed E-state index contributed by atoms with van der Waals surface area (Å²) >= 11 is 0. The van der Waals surface area contributed by atoms with Crippen molar-refractivity contribution < 1.29 is 26.4 Å². The van der Waals surface area contributed by atoms with Crippen molar-refractivity contribution in [1.29, 1.82) is 5.26 Å². The maximum absolute atomic E-state index is 13.7. The van der Waals surface area contributed by atoms with Crippen molar-refractivity contribution in [1.82, 2.24) is 10.3 Å². The number of nitriles is 1. The monoisotopic (exact) mass is 601 g/mol. The molecular weight excluding hydrogens is 573 g/mol. The van der Waals surface area contributed by atoms with E-state index in [1.807, 2.05) is 4.90 Å².